The standard InChI is InChI=1S/C27H22FN7O/c28-21-9-20(13-30-14-21)24-5-3-22(15-31-24)32-27(36)26-23-10-18(2-4-25(23)33-34-26)19-8-17(11-29-12-19)16-35-6-1-7-35/h2-5,8-15H,1,6-7,16H2,(H,32,36)(H,33,34). The average molecular weight is 480 g/mol. The Kier molecular flexibility index (Phi) is 5.67. The molecule has 0 radical (unpaired) electrons. The van der Waals surface area contributed by atoms with Crippen molar-refractivity contribution in [3.63, 3.8) is 0 Å². The summed E-state index contributed by atoms with van der Waals surface area (Å²) in [6.07, 6.45) is 9.18. The van der Waals surface area contributed by atoms with Crippen LogP contribution in [0, 0.1) is 5.82 Å². The highest BCUT2D eigenvalue weighted by molar-refractivity contribution is 6.11. The third-order valence-electron chi connectivity index (χ3n) is 6.28. The Morgan fingerprint density at radius 3 is 2.58 bits per heavy atom. The number of amides is 1. The van der Waals surface area contributed by atoms with Gasteiger partial charge in [0.25, 0.3) is 5.91 Å². The summed E-state index contributed by atoms with van der Waals surface area (Å²) in [5.41, 5.74) is 5.79. The number of carbonyl (C=O) groups is 1. The molecular weight excluding hydrogens is 457 g/mol. The fourth-order valence-electron chi connectivity index (χ4n) is 4.28. The topological polar surface area (TPSA) is 99.7 Å². The molecular formula is C27H22FN7O. The van der Waals surface area contributed by atoms with Crippen LogP contribution in [0.3, 0.4) is 0 Å². The van der Waals surface area contributed by atoms with Crippen molar-refractivity contribution < 1.29 is 9.18 Å². The van der Waals surface area contributed by atoms with Crippen LogP contribution in [0.25, 0.3) is 33.3 Å². The summed E-state index contributed by atoms with van der Waals surface area (Å²) < 4.78 is 13.5. The summed E-state index contributed by atoms with van der Waals surface area (Å²) >= 11 is 0. The van der Waals surface area contributed by atoms with Gasteiger partial charge >= 0.3 is 0 Å². The van der Waals surface area contributed by atoms with E-state index in [2.05, 4.69) is 41.4 Å². The maximum Gasteiger partial charge on any atom is 0.276 e. The first-order chi connectivity index (χ1) is 17.6. The Hall–Kier alpha value is -4.50. The van der Waals surface area contributed by atoms with Gasteiger partial charge in [0, 0.05) is 41.6 Å². The van der Waals surface area contributed by atoms with Crippen LogP contribution in [-0.4, -0.2) is 49.0 Å². The predicted molar refractivity (Wildman–Crippen MR) is 135 cm³/mol. The van der Waals surface area contributed by atoms with E-state index >= 15 is 0 Å². The summed E-state index contributed by atoms with van der Waals surface area (Å²) in [6.45, 7) is 3.15. The van der Waals surface area contributed by atoms with Crippen molar-refractivity contribution in [2.45, 2.75) is 13.0 Å². The van der Waals surface area contributed by atoms with E-state index in [-0.39, 0.29) is 11.6 Å². The number of benzene rings is 1. The molecule has 1 fully saturated rings. The van der Waals surface area contributed by atoms with Crippen molar-refractivity contribution in [3.8, 4) is 22.4 Å². The lowest BCUT2D eigenvalue weighted by Gasteiger charge is -2.30. The number of hydrogen-bond donors (Lipinski definition) is 2. The molecule has 5 heterocycles. The summed E-state index contributed by atoms with van der Waals surface area (Å²) in [4.78, 5) is 28.0. The minimum atomic E-state index is -0.435. The number of halogens is 1. The minimum Gasteiger partial charge on any atom is -0.319 e. The number of anilines is 1. The second-order valence-electron chi connectivity index (χ2n) is 8.82. The number of aromatic amines is 1. The number of rotatable bonds is 6. The molecule has 9 heteroatoms. The van der Waals surface area contributed by atoms with Crippen LogP contribution in [0.5, 0.6) is 0 Å². The normalized spacial score (nSPS) is 13.5. The average Bonchev–Trinajstić information content (AvgIpc) is 3.30. The zero-order valence-electron chi connectivity index (χ0n) is 19.3. The van der Waals surface area contributed by atoms with Gasteiger partial charge in [-0.15, -0.1) is 0 Å². The molecule has 0 bridgehead atoms. The number of fused-ring (bicyclic) bond motifs is 1. The van der Waals surface area contributed by atoms with E-state index in [0.717, 1.165) is 42.5 Å². The molecule has 6 rings (SSSR count). The third-order valence-corrected chi connectivity index (χ3v) is 6.28. The van der Waals surface area contributed by atoms with Crippen LogP contribution in [0.15, 0.2) is 73.4 Å². The van der Waals surface area contributed by atoms with Crippen LogP contribution in [0.1, 0.15) is 22.5 Å². The Labute approximate surface area is 206 Å². The maximum atomic E-state index is 13.5. The molecule has 5 aromatic rings. The Balaban J connectivity index is 1.23. The van der Waals surface area contributed by atoms with Crippen LogP contribution in [-0.2, 0) is 6.54 Å². The van der Waals surface area contributed by atoms with E-state index in [0.29, 0.717) is 22.3 Å². The zero-order valence-corrected chi connectivity index (χ0v) is 19.3. The minimum absolute atomic E-state index is 0.287. The SMILES string of the molecule is O=C(Nc1ccc(-c2cncc(F)c2)nc1)c1n[nH]c2ccc(-c3cncc(CN4CCC4)c3)cc12. The van der Waals surface area contributed by atoms with Gasteiger partial charge in [-0.05, 0) is 67.0 Å². The fraction of sp³-hybridized carbons (Fsp3) is 0.148. The lowest BCUT2D eigenvalue weighted by atomic mass is 10.0. The molecule has 36 heavy (non-hydrogen) atoms. The van der Waals surface area contributed by atoms with Gasteiger partial charge < -0.3 is 5.32 Å². The van der Waals surface area contributed by atoms with E-state index in [9.17, 15) is 9.18 Å². The number of pyridine rings is 3. The van der Waals surface area contributed by atoms with Crippen molar-refractivity contribution in [1.82, 2.24) is 30.0 Å². The number of H-pyrrole nitrogens is 1. The number of hydrogen-bond acceptors (Lipinski definition) is 6. The molecule has 0 aliphatic carbocycles. The Bertz CT molecular complexity index is 1560. The predicted octanol–water partition coefficient (Wildman–Crippen LogP) is 4.68. The summed E-state index contributed by atoms with van der Waals surface area (Å²) in [7, 11) is 0. The summed E-state index contributed by atoms with van der Waals surface area (Å²) in [6, 6.07) is 12.8. The maximum absolute atomic E-state index is 13.5. The molecule has 1 amide bonds. The summed E-state index contributed by atoms with van der Waals surface area (Å²) in [5, 5.41) is 10.7. The first-order valence-corrected chi connectivity index (χ1v) is 11.7. The second kappa shape index (κ2) is 9.27. The molecule has 1 aliphatic heterocycles. The molecule has 0 unspecified atom stereocenters. The van der Waals surface area contributed by atoms with Crippen LogP contribution in [0.2, 0.25) is 0 Å². The van der Waals surface area contributed by atoms with Gasteiger partial charge in [0.15, 0.2) is 5.69 Å². The van der Waals surface area contributed by atoms with Crippen LogP contribution in [0.4, 0.5) is 10.1 Å². The van der Waals surface area contributed by atoms with Crippen molar-refractivity contribution in [3.05, 3.63) is 90.5 Å². The van der Waals surface area contributed by atoms with E-state index < -0.39 is 5.82 Å². The molecule has 0 spiro atoms. The highest BCUT2D eigenvalue weighted by atomic mass is 19.1. The molecule has 1 aromatic carbocycles. The molecule has 0 atom stereocenters. The van der Waals surface area contributed by atoms with Crippen LogP contribution >= 0.6 is 0 Å². The van der Waals surface area contributed by atoms with Gasteiger partial charge in [-0.3, -0.25) is 29.7 Å². The van der Waals surface area contributed by atoms with E-state index in [4.69, 9.17) is 0 Å². The van der Waals surface area contributed by atoms with Crippen LogP contribution < -0.4 is 5.32 Å². The third kappa shape index (κ3) is 4.44. The quantitative estimate of drug-likeness (QED) is 0.367. The molecule has 4 aromatic heterocycles. The van der Waals surface area contributed by atoms with Gasteiger partial charge in [-0.25, -0.2) is 4.39 Å². The molecule has 2 N–H and O–H groups in total. The second-order valence-corrected chi connectivity index (χ2v) is 8.82. The number of nitrogens with zero attached hydrogens (tertiary/aromatic N) is 5. The number of nitrogens with one attached hydrogen (secondary N) is 2. The lowest BCUT2D eigenvalue weighted by Crippen LogP contribution is -2.36. The van der Waals surface area contributed by atoms with E-state index in [1.54, 1.807) is 12.1 Å². The van der Waals surface area contributed by atoms with Crippen molar-refractivity contribution in [2.75, 3.05) is 18.4 Å². The summed E-state index contributed by atoms with van der Waals surface area (Å²) in [5.74, 6) is -0.792. The molecule has 0 saturated carbocycles. The zero-order chi connectivity index (χ0) is 24.5. The number of carbonyl (C=O) groups excluding carboxylic acids is 1. The van der Waals surface area contributed by atoms with Gasteiger partial charge in [0.05, 0.1) is 29.3 Å². The fourth-order valence-corrected chi connectivity index (χ4v) is 4.28. The molecule has 1 saturated heterocycles. The van der Waals surface area contributed by atoms with Gasteiger partial charge in [0.1, 0.15) is 5.82 Å². The highest BCUT2D eigenvalue weighted by Crippen LogP contribution is 2.27. The van der Waals surface area contributed by atoms with Crippen molar-refractivity contribution in [2.24, 2.45) is 0 Å². The van der Waals surface area contributed by atoms with Gasteiger partial charge in [-0.2, -0.15) is 5.10 Å². The smallest absolute Gasteiger partial charge is 0.276 e. The van der Waals surface area contributed by atoms with Crippen molar-refractivity contribution >= 4 is 22.5 Å². The Morgan fingerprint density at radius 1 is 0.944 bits per heavy atom. The lowest BCUT2D eigenvalue weighted by molar-refractivity contribution is 0.102. The first kappa shape index (κ1) is 22.0. The number of likely N-dealkylation sites (tertiary alicyclic amines) is 1. The molecule has 8 nitrogen and oxygen atoms in total. The number of aromatic nitrogens is 5. The molecule has 178 valence electrons. The van der Waals surface area contributed by atoms with E-state index in [1.807, 2.05) is 30.6 Å². The Morgan fingerprint density at radius 2 is 1.81 bits per heavy atom. The molecule has 1 aliphatic rings. The monoisotopic (exact) mass is 479 g/mol. The highest BCUT2D eigenvalue weighted by Gasteiger charge is 2.17. The first-order valence-electron chi connectivity index (χ1n) is 11.7. The van der Waals surface area contributed by atoms with E-state index in [1.165, 1.54) is 30.4 Å². The van der Waals surface area contributed by atoms with Gasteiger partial charge in [-0.1, -0.05) is 6.07 Å². The van der Waals surface area contributed by atoms with Gasteiger partial charge in [0.2, 0.25) is 0 Å². The largest absolute Gasteiger partial charge is 0.319 e. The van der Waals surface area contributed by atoms with Crippen molar-refractivity contribution in [1.29, 1.82) is 0 Å².